The molecule has 1 N–H and O–H groups in total. The van der Waals surface area contributed by atoms with E-state index in [2.05, 4.69) is 27.2 Å². The number of rotatable bonds is 4. The first-order valence-electron chi connectivity index (χ1n) is 9.29. The molecule has 0 atom stereocenters. The molecule has 3 rings (SSSR count). The van der Waals surface area contributed by atoms with Gasteiger partial charge in [0.15, 0.2) is 0 Å². The van der Waals surface area contributed by atoms with Gasteiger partial charge in [0.1, 0.15) is 0 Å². The van der Waals surface area contributed by atoms with E-state index >= 15 is 0 Å². The van der Waals surface area contributed by atoms with Gasteiger partial charge in [-0.05, 0) is 44.0 Å². The highest BCUT2D eigenvalue weighted by Gasteiger charge is 2.25. The van der Waals surface area contributed by atoms with Gasteiger partial charge in [0.05, 0.1) is 6.61 Å². The Kier molecular flexibility index (Phi) is 5.96. The highest BCUT2D eigenvalue weighted by Crippen LogP contribution is 2.25. The summed E-state index contributed by atoms with van der Waals surface area (Å²) in [6.07, 6.45) is 6.59. The molecule has 2 aliphatic rings. The Bertz CT molecular complexity index is 518. The number of nitrogens with one attached hydrogen (secondary N) is 1. The summed E-state index contributed by atoms with van der Waals surface area (Å²) in [4.78, 5) is 16.6. The van der Waals surface area contributed by atoms with Crippen molar-refractivity contribution < 1.29 is 9.53 Å². The predicted octanol–water partition coefficient (Wildman–Crippen LogP) is 3.71. The van der Waals surface area contributed by atoms with Gasteiger partial charge < -0.3 is 9.64 Å². The number of carbonyl (C=O) groups is 1. The van der Waals surface area contributed by atoms with E-state index in [0.717, 1.165) is 37.9 Å². The van der Waals surface area contributed by atoms with Gasteiger partial charge >= 0.3 is 6.09 Å². The van der Waals surface area contributed by atoms with Gasteiger partial charge in [-0.25, -0.2) is 4.79 Å². The third-order valence-corrected chi connectivity index (χ3v) is 5.16. The van der Waals surface area contributed by atoms with Gasteiger partial charge in [0.25, 0.3) is 0 Å². The highest BCUT2D eigenvalue weighted by molar-refractivity contribution is 5.84. The molecule has 1 aromatic rings. The number of hydrogen-bond acceptors (Lipinski definition) is 4. The number of anilines is 2. The molecule has 1 aliphatic carbocycles. The van der Waals surface area contributed by atoms with Gasteiger partial charge in [-0.1, -0.05) is 19.3 Å². The Morgan fingerprint density at radius 3 is 2.38 bits per heavy atom. The van der Waals surface area contributed by atoms with E-state index in [9.17, 15) is 4.79 Å². The van der Waals surface area contributed by atoms with Crippen molar-refractivity contribution in [1.29, 1.82) is 0 Å². The smallest absolute Gasteiger partial charge is 0.411 e. The van der Waals surface area contributed by atoms with Crippen LogP contribution in [0.1, 0.15) is 39.0 Å². The molecule has 5 heteroatoms. The SMILES string of the molecule is CCOC(=O)Nc1ccc(N2CCN(C3CCCCC3)CC2)cc1. The first-order valence-corrected chi connectivity index (χ1v) is 9.29. The molecule has 0 aromatic heterocycles. The summed E-state index contributed by atoms with van der Waals surface area (Å²) >= 11 is 0. The molecule has 0 bridgehead atoms. The summed E-state index contributed by atoms with van der Waals surface area (Å²) in [7, 11) is 0. The summed E-state index contributed by atoms with van der Waals surface area (Å²) in [6.45, 7) is 6.67. The number of nitrogens with zero attached hydrogens (tertiary/aromatic N) is 2. The van der Waals surface area contributed by atoms with Crippen molar-refractivity contribution in [3.05, 3.63) is 24.3 Å². The second-order valence-corrected chi connectivity index (χ2v) is 6.71. The molecule has 5 nitrogen and oxygen atoms in total. The predicted molar refractivity (Wildman–Crippen MR) is 97.7 cm³/mol. The van der Waals surface area contributed by atoms with Gasteiger partial charge in [0, 0.05) is 43.6 Å². The third kappa shape index (κ3) is 4.41. The van der Waals surface area contributed by atoms with Gasteiger partial charge in [-0.3, -0.25) is 10.2 Å². The monoisotopic (exact) mass is 331 g/mol. The normalized spacial score (nSPS) is 20.0. The molecule has 1 aliphatic heterocycles. The van der Waals surface area contributed by atoms with Crippen molar-refractivity contribution in [2.75, 3.05) is 43.0 Å². The lowest BCUT2D eigenvalue weighted by molar-refractivity contribution is 0.148. The van der Waals surface area contributed by atoms with Crippen LogP contribution in [0.3, 0.4) is 0 Å². The molecule has 0 spiro atoms. The summed E-state index contributed by atoms with van der Waals surface area (Å²) in [5, 5.41) is 2.74. The lowest BCUT2D eigenvalue weighted by Gasteiger charge is -2.41. The van der Waals surface area contributed by atoms with Crippen molar-refractivity contribution >= 4 is 17.5 Å². The molecule has 1 aromatic carbocycles. The minimum Gasteiger partial charge on any atom is -0.450 e. The zero-order valence-corrected chi connectivity index (χ0v) is 14.7. The number of benzene rings is 1. The molecular formula is C19H29N3O2. The Morgan fingerprint density at radius 2 is 1.75 bits per heavy atom. The maximum absolute atomic E-state index is 11.4. The summed E-state index contributed by atoms with van der Waals surface area (Å²) < 4.78 is 4.90. The van der Waals surface area contributed by atoms with Crippen LogP contribution in [0.5, 0.6) is 0 Å². The first kappa shape index (κ1) is 17.1. The molecule has 1 heterocycles. The van der Waals surface area contributed by atoms with E-state index in [0.29, 0.717) is 6.61 Å². The van der Waals surface area contributed by atoms with Crippen molar-refractivity contribution in [1.82, 2.24) is 4.90 Å². The van der Waals surface area contributed by atoms with E-state index in [4.69, 9.17) is 4.74 Å². The van der Waals surface area contributed by atoms with Crippen LogP contribution in [0.4, 0.5) is 16.2 Å². The maximum atomic E-state index is 11.4. The van der Waals surface area contributed by atoms with E-state index in [-0.39, 0.29) is 0 Å². The minimum absolute atomic E-state index is 0.384. The fraction of sp³-hybridized carbons (Fsp3) is 0.632. The Morgan fingerprint density at radius 1 is 1.08 bits per heavy atom. The topological polar surface area (TPSA) is 44.8 Å². The van der Waals surface area contributed by atoms with Gasteiger partial charge in [0.2, 0.25) is 0 Å². The number of carbonyl (C=O) groups excluding carboxylic acids is 1. The van der Waals surface area contributed by atoms with Gasteiger partial charge in [-0.2, -0.15) is 0 Å². The van der Waals surface area contributed by atoms with Crippen molar-refractivity contribution in [2.45, 2.75) is 45.1 Å². The minimum atomic E-state index is -0.397. The lowest BCUT2D eigenvalue weighted by atomic mass is 9.94. The molecular weight excluding hydrogens is 302 g/mol. The number of amides is 1. The van der Waals surface area contributed by atoms with Crippen LogP contribution in [-0.2, 0) is 4.74 Å². The quantitative estimate of drug-likeness (QED) is 0.913. The van der Waals surface area contributed by atoms with Crippen LogP contribution in [0.2, 0.25) is 0 Å². The third-order valence-electron chi connectivity index (χ3n) is 5.16. The van der Waals surface area contributed by atoms with Crippen LogP contribution < -0.4 is 10.2 Å². The van der Waals surface area contributed by atoms with Crippen LogP contribution in [0, 0.1) is 0 Å². The van der Waals surface area contributed by atoms with Crippen LogP contribution in [-0.4, -0.2) is 49.8 Å². The molecule has 132 valence electrons. The molecule has 0 radical (unpaired) electrons. The molecule has 2 fully saturated rings. The van der Waals surface area contributed by atoms with Gasteiger partial charge in [-0.15, -0.1) is 0 Å². The summed E-state index contributed by atoms with van der Waals surface area (Å²) in [6, 6.07) is 8.87. The summed E-state index contributed by atoms with van der Waals surface area (Å²) in [5.74, 6) is 0. The fourth-order valence-corrected chi connectivity index (χ4v) is 3.83. The number of hydrogen-bond donors (Lipinski definition) is 1. The van der Waals surface area contributed by atoms with Crippen LogP contribution in [0.25, 0.3) is 0 Å². The highest BCUT2D eigenvalue weighted by atomic mass is 16.5. The second kappa shape index (κ2) is 8.38. The standard InChI is InChI=1S/C19H29N3O2/c1-2-24-19(23)20-16-8-10-18(11-9-16)22-14-12-21(13-15-22)17-6-4-3-5-7-17/h8-11,17H,2-7,12-15H2,1H3,(H,20,23). The lowest BCUT2D eigenvalue weighted by Crippen LogP contribution is -2.50. The van der Waals surface area contributed by atoms with E-state index in [1.165, 1.54) is 37.8 Å². The Hall–Kier alpha value is -1.75. The fourth-order valence-electron chi connectivity index (χ4n) is 3.83. The van der Waals surface area contributed by atoms with Crippen molar-refractivity contribution in [2.24, 2.45) is 0 Å². The molecule has 24 heavy (non-hydrogen) atoms. The molecule has 0 unspecified atom stereocenters. The maximum Gasteiger partial charge on any atom is 0.411 e. The number of piperazine rings is 1. The summed E-state index contributed by atoms with van der Waals surface area (Å²) in [5.41, 5.74) is 2.01. The average molecular weight is 331 g/mol. The molecule has 1 amide bonds. The largest absolute Gasteiger partial charge is 0.450 e. The van der Waals surface area contributed by atoms with E-state index in [1.54, 1.807) is 6.92 Å². The molecule has 1 saturated carbocycles. The zero-order chi connectivity index (χ0) is 16.8. The first-order chi connectivity index (χ1) is 11.8. The van der Waals surface area contributed by atoms with E-state index in [1.807, 2.05) is 12.1 Å². The second-order valence-electron chi connectivity index (χ2n) is 6.71. The Labute approximate surface area is 145 Å². The van der Waals surface area contributed by atoms with Crippen molar-refractivity contribution in [3.8, 4) is 0 Å². The number of ether oxygens (including phenoxy) is 1. The van der Waals surface area contributed by atoms with E-state index < -0.39 is 6.09 Å². The molecule has 1 saturated heterocycles. The Balaban J connectivity index is 1.50. The van der Waals surface area contributed by atoms with Crippen LogP contribution >= 0.6 is 0 Å². The zero-order valence-electron chi connectivity index (χ0n) is 14.7. The van der Waals surface area contributed by atoms with Crippen molar-refractivity contribution in [3.63, 3.8) is 0 Å². The average Bonchev–Trinajstić information content (AvgIpc) is 2.63. The van der Waals surface area contributed by atoms with Crippen LogP contribution in [0.15, 0.2) is 24.3 Å².